The van der Waals surface area contributed by atoms with Gasteiger partial charge in [0.15, 0.2) is 0 Å². The minimum absolute atomic E-state index is 0. The van der Waals surface area contributed by atoms with E-state index in [-0.39, 0.29) is 125 Å². The van der Waals surface area contributed by atoms with E-state index in [4.69, 9.17) is 0 Å². The molecule has 0 unspecified atom stereocenters. The third-order valence-corrected chi connectivity index (χ3v) is 0. The van der Waals surface area contributed by atoms with Crippen molar-refractivity contribution in [3.63, 3.8) is 0 Å². The van der Waals surface area contributed by atoms with Crippen molar-refractivity contribution < 1.29 is 21.1 Å². The molecule has 0 aromatic rings. The van der Waals surface area contributed by atoms with Crippen molar-refractivity contribution in [2.45, 2.75) is 0 Å². The molecule has 0 rings (SSSR count). The molecule has 7 heteroatoms. The Morgan fingerprint density at radius 2 is 0.286 bits per heavy atom. The maximum atomic E-state index is 0. The van der Waals surface area contributed by atoms with Crippen LogP contribution >= 0.6 is 0 Å². The van der Waals surface area contributed by atoms with E-state index in [2.05, 4.69) is 0 Å². The van der Waals surface area contributed by atoms with Crippen LogP contribution in [-0.4, -0.2) is 104 Å². The van der Waals surface area contributed by atoms with Gasteiger partial charge in [0, 0.05) is 125 Å². The summed E-state index contributed by atoms with van der Waals surface area (Å²) in [6.45, 7) is 0. The molecule has 24 valence electrons. The molecule has 0 saturated carbocycles. The third-order valence-electron chi connectivity index (χ3n) is 0. The molecule has 0 nitrogen and oxygen atoms in total. The summed E-state index contributed by atoms with van der Waals surface area (Å²) in [5, 5.41) is 0. The van der Waals surface area contributed by atoms with Gasteiger partial charge in [0.05, 0.1) is 0 Å². The van der Waals surface area contributed by atoms with Gasteiger partial charge in [0.1, 0.15) is 0 Å². The van der Waals surface area contributed by atoms with E-state index in [1.165, 1.54) is 0 Å². The summed E-state index contributed by atoms with van der Waals surface area (Å²) in [5.74, 6) is 0. The SMILES string of the molecule is [Al].[Al].[Al].[Al].[Al].[Al].[Mo]. The second-order valence-electron chi connectivity index (χ2n) is 0. The van der Waals surface area contributed by atoms with Gasteiger partial charge >= 0.3 is 0 Å². The predicted molar refractivity (Wildman–Crippen MR) is 34.5 cm³/mol. The summed E-state index contributed by atoms with van der Waals surface area (Å²) < 4.78 is 0. The Bertz CT molecular complexity index is 4.14. The first-order valence-corrected chi connectivity index (χ1v) is 0. The second-order valence-corrected chi connectivity index (χ2v) is 0. The van der Waals surface area contributed by atoms with Crippen LogP contribution in [-0.2, 0) is 21.1 Å². The molecule has 0 bridgehead atoms. The van der Waals surface area contributed by atoms with E-state index < -0.39 is 0 Å². The molecular formula is Al6Mo. The van der Waals surface area contributed by atoms with Crippen molar-refractivity contribution in [3.05, 3.63) is 0 Å². The Morgan fingerprint density at radius 1 is 0.286 bits per heavy atom. The smallest absolute Gasteiger partial charge is 0 e. The average Bonchev–Trinajstić information content (AvgIpc) is 0. The molecule has 0 atom stereocenters. The molecule has 18 radical (unpaired) electrons. The number of rotatable bonds is 0. The molecule has 0 aromatic carbocycles. The van der Waals surface area contributed by atoms with E-state index >= 15 is 0 Å². The molecule has 0 aliphatic heterocycles. The van der Waals surface area contributed by atoms with Gasteiger partial charge in [0.25, 0.3) is 0 Å². The van der Waals surface area contributed by atoms with Crippen LogP contribution in [0.2, 0.25) is 0 Å². The maximum absolute atomic E-state index is 0. The fourth-order valence-corrected chi connectivity index (χ4v) is 0. The summed E-state index contributed by atoms with van der Waals surface area (Å²) in [5.41, 5.74) is 0. The molecule has 0 fully saturated rings. The maximum Gasteiger partial charge on any atom is 0 e. The molecule has 0 saturated heterocycles. The molecule has 0 spiro atoms. The molecule has 0 aliphatic rings. The summed E-state index contributed by atoms with van der Waals surface area (Å²) in [6.07, 6.45) is 0. The first-order valence-electron chi connectivity index (χ1n) is 0. The molecule has 0 aromatic heterocycles. The van der Waals surface area contributed by atoms with E-state index in [1.54, 1.807) is 0 Å². The van der Waals surface area contributed by atoms with Crippen molar-refractivity contribution in [3.8, 4) is 0 Å². The summed E-state index contributed by atoms with van der Waals surface area (Å²) in [4.78, 5) is 0. The van der Waals surface area contributed by atoms with Crippen molar-refractivity contribution in [2.75, 3.05) is 0 Å². The average molecular weight is 258 g/mol. The Morgan fingerprint density at radius 3 is 0.286 bits per heavy atom. The fraction of sp³-hybridized carbons (Fsp3) is 0. The van der Waals surface area contributed by atoms with Crippen LogP contribution in [0.4, 0.5) is 0 Å². The van der Waals surface area contributed by atoms with Crippen molar-refractivity contribution in [1.29, 1.82) is 0 Å². The quantitative estimate of drug-likeness (QED) is 0.429. The van der Waals surface area contributed by atoms with Gasteiger partial charge in [0.2, 0.25) is 0 Å². The summed E-state index contributed by atoms with van der Waals surface area (Å²) in [7, 11) is 0. The minimum atomic E-state index is 0. The zero-order chi connectivity index (χ0) is 0. The zero-order valence-corrected chi connectivity index (χ0v) is 12.8. The van der Waals surface area contributed by atoms with Gasteiger partial charge in [-0.15, -0.1) is 0 Å². The van der Waals surface area contributed by atoms with E-state index in [9.17, 15) is 0 Å². The van der Waals surface area contributed by atoms with Gasteiger partial charge in [-0.3, -0.25) is 0 Å². The predicted octanol–water partition coefficient (Wildman–Crippen LogP) is -2.29. The molecule has 0 aliphatic carbocycles. The minimum Gasteiger partial charge on any atom is 0 e. The molecule has 0 heterocycles. The van der Waals surface area contributed by atoms with Gasteiger partial charge in [-0.1, -0.05) is 0 Å². The van der Waals surface area contributed by atoms with Crippen LogP contribution in [0.15, 0.2) is 0 Å². The molecule has 7 heavy (non-hydrogen) atoms. The van der Waals surface area contributed by atoms with Crippen molar-refractivity contribution in [2.24, 2.45) is 0 Å². The van der Waals surface area contributed by atoms with Crippen LogP contribution in [0.25, 0.3) is 0 Å². The Kier molecular flexibility index (Phi) is 521. The number of hydrogen-bond donors (Lipinski definition) is 0. The Hall–Kier alpha value is 3.88. The largest absolute Gasteiger partial charge is 0 e. The molecule has 0 amide bonds. The summed E-state index contributed by atoms with van der Waals surface area (Å²) >= 11 is 0. The summed E-state index contributed by atoms with van der Waals surface area (Å²) in [6, 6.07) is 0. The standard InChI is InChI=1S/6Al.Mo. The second kappa shape index (κ2) is 51.7. The van der Waals surface area contributed by atoms with Gasteiger partial charge in [-0.05, 0) is 0 Å². The fourth-order valence-electron chi connectivity index (χ4n) is 0. The monoisotopic (exact) mass is 260 g/mol. The van der Waals surface area contributed by atoms with Crippen LogP contribution in [0, 0.1) is 0 Å². The molecule has 0 N–H and O–H groups in total. The molecular weight excluding hydrogens is 258 g/mol. The van der Waals surface area contributed by atoms with Crippen molar-refractivity contribution >= 4 is 104 Å². The Labute approximate surface area is 123 Å². The topological polar surface area (TPSA) is 0 Å². The van der Waals surface area contributed by atoms with E-state index in [1.807, 2.05) is 0 Å². The first-order chi connectivity index (χ1) is 0. The van der Waals surface area contributed by atoms with E-state index in [0.717, 1.165) is 0 Å². The van der Waals surface area contributed by atoms with Gasteiger partial charge in [-0.2, -0.15) is 0 Å². The third kappa shape index (κ3) is 40.7. The van der Waals surface area contributed by atoms with E-state index in [0.29, 0.717) is 0 Å². The number of hydrogen-bond acceptors (Lipinski definition) is 0. The normalized spacial score (nSPS) is 0. The van der Waals surface area contributed by atoms with Crippen LogP contribution in [0.3, 0.4) is 0 Å². The van der Waals surface area contributed by atoms with Gasteiger partial charge < -0.3 is 0 Å². The van der Waals surface area contributed by atoms with Crippen molar-refractivity contribution in [1.82, 2.24) is 0 Å². The van der Waals surface area contributed by atoms with Crippen LogP contribution in [0.5, 0.6) is 0 Å². The zero-order valence-electron chi connectivity index (χ0n) is 3.87. The van der Waals surface area contributed by atoms with Gasteiger partial charge in [-0.25, -0.2) is 0 Å². The first kappa shape index (κ1) is 70.5. The van der Waals surface area contributed by atoms with Crippen LogP contribution in [0.1, 0.15) is 0 Å². The Balaban J connectivity index is 0. The van der Waals surface area contributed by atoms with Crippen LogP contribution < -0.4 is 0 Å².